The van der Waals surface area contributed by atoms with Gasteiger partial charge in [-0.3, -0.25) is 4.99 Å². The second kappa shape index (κ2) is 7.58. The Kier molecular flexibility index (Phi) is 6.05. The van der Waals surface area contributed by atoms with E-state index in [0.717, 1.165) is 36.8 Å². The summed E-state index contributed by atoms with van der Waals surface area (Å²) < 4.78 is 5.24. The molecule has 0 aromatic heterocycles. The summed E-state index contributed by atoms with van der Waals surface area (Å²) in [6.45, 7) is 5.87. The van der Waals surface area contributed by atoms with Crippen molar-refractivity contribution in [3.8, 4) is 5.75 Å². The normalized spacial score (nSPS) is 11.2. The molecule has 2 N–H and O–H groups in total. The third kappa shape index (κ3) is 4.28. The van der Waals surface area contributed by atoms with Crippen LogP contribution in [0, 0.1) is 6.92 Å². The van der Waals surface area contributed by atoms with Gasteiger partial charge in [-0.25, -0.2) is 0 Å². The van der Waals surface area contributed by atoms with E-state index in [0.29, 0.717) is 0 Å². The monoisotopic (exact) mass is 249 g/mol. The number of nitrogens with zero attached hydrogens (tertiary/aromatic N) is 1. The molecule has 0 aliphatic rings. The third-order valence-corrected chi connectivity index (χ3v) is 2.69. The second-order valence-corrected chi connectivity index (χ2v) is 4.16. The molecule has 0 bridgehead atoms. The molecule has 0 saturated heterocycles. The van der Waals surface area contributed by atoms with Gasteiger partial charge in [-0.05, 0) is 30.5 Å². The maximum atomic E-state index is 5.24. The van der Waals surface area contributed by atoms with Crippen LogP contribution in [0.2, 0.25) is 0 Å². The van der Waals surface area contributed by atoms with E-state index in [2.05, 4.69) is 34.7 Å². The fourth-order valence-corrected chi connectivity index (χ4v) is 1.70. The minimum Gasteiger partial charge on any atom is -0.496 e. The van der Waals surface area contributed by atoms with Crippen molar-refractivity contribution in [1.29, 1.82) is 0 Å². The Labute approximate surface area is 109 Å². The molecule has 0 aliphatic heterocycles. The van der Waals surface area contributed by atoms with Gasteiger partial charge in [0, 0.05) is 20.1 Å². The number of hydrogen-bond acceptors (Lipinski definition) is 2. The molecule has 0 aliphatic carbocycles. The fourth-order valence-electron chi connectivity index (χ4n) is 1.70. The predicted molar refractivity (Wildman–Crippen MR) is 76.2 cm³/mol. The number of aliphatic imine (C=N–C) groups is 1. The van der Waals surface area contributed by atoms with E-state index in [4.69, 9.17) is 4.74 Å². The van der Waals surface area contributed by atoms with Crippen LogP contribution < -0.4 is 15.4 Å². The molecule has 1 rings (SSSR count). The highest BCUT2D eigenvalue weighted by atomic mass is 16.5. The molecule has 0 amide bonds. The van der Waals surface area contributed by atoms with E-state index < -0.39 is 0 Å². The topological polar surface area (TPSA) is 45.7 Å². The molecule has 0 spiro atoms. The minimum atomic E-state index is 0.758. The van der Waals surface area contributed by atoms with E-state index in [1.165, 1.54) is 5.56 Å². The molecule has 0 radical (unpaired) electrons. The van der Waals surface area contributed by atoms with Gasteiger partial charge in [-0.15, -0.1) is 0 Å². The molecule has 0 fully saturated rings. The number of hydrogen-bond donors (Lipinski definition) is 2. The Hall–Kier alpha value is -1.71. The van der Waals surface area contributed by atoms with Gasteiger partial charge in [0.05, 0.1) is 7.11 Å². The number of aryl methyl sites for hydroxylation is 1. The maximum Gasteiger partial charge on any atom is 0.191 e. The van der Waals surface area contributed by atoms with Crippen LogP contribution in [0.15, 0.2) is 23.2 Å². The molecular weight excluding hydrogens is 226 g/mol. The molecule has 0 atom stereocenters. The Balaban J connectivity index is 2.55. The molecule has 0 heterocycles. The van der Waals surface area contributed by atoms with Crippen LogP contribution in [0.4, 0.5) is 0 Å². The van der Waals surface area contributed by atoms with Gasteiger partial charge in [-0.2, -0.15) is 0 Å². The highest BCUT2D eigenvalue weighted by Gasteiger charge is 2.01. The lowest BCUT2D eigenvalue weighted by Gasteiger charge is -2.12. The van der Waals surface area contributed by atoms with Crippen LogP contribution in [-0.2, 0) is 6.54 Å². The summed E-state index contributed by atoms with van der Waals surface area (Å²) in [5.41, 5.74) is 2.36. The van der Waals surface area contributed by atoms with Crippen LogP contribution >= 0.6 is 0 Å². The lowest BCUT2D eigenvalue weighted by Crippen LogP contribution is -2.37. The Morgan fingerprint density at radius 1 is 1.33 bits per heavy atom. The molecule has 1 aromatic rings. The van der Waals surface area contributed by atoms with Gasteiger partial charge in [0.15, 0.2) is 5.96 Å². The van der Waals surface area contributed by atoms with E-state index in [-0.39, 0.29) is 0 Å². The average Bonchev–Trinajstić information content (AvgIpc) is 2.39. The standard InChI is InChI=1S/C14H23N3O/c1-5-8-16-14(15-3)17-10-12-6-7-13(18-4)11(2)9-12/h6-7,9H,5,8,10H2,1-4H3,(H2,15,16,17). The first-order valence-electron chi connectivity index (χ1n) is 6.29. The largest absolute Gasteiger partial charge is 0.496 e. The Morgan fingerprint density at radius 2 is 2.11 bits per heavy atom. The summed E-state index contributed by atoms with van der Waals surface area (Å²) >= 11 is 0. The summed E-state index contributed by atoms with van der Waals surface area (Å²) in [7, 11) is 3.47. The van der Waals surface area contributed by atoms with Crippen molar-refractivity contribution in [3.63, 3.8) is 0 Å². The Bertz CT molecular complexity index is 402. The van der Waals surface area contributed by atoms with Crippen LogP contribution in [0.25, 0.3) is 0 Å². The number of ether oxygens (including phenoxy) is 1. The third-order valence-electron chi connectivity index (χ3n) is 2.69. The van der Waals surface area contributed by atoms with Gasteiger partial charge >= 0.3 is 0 Å². The highest BCUT2D eigenvalue weighted by Crippen LogP contribution is 2.18. The van der Waals surface area contributed by atoms with Gasteiger partial charge in [-0.1, -0.05) is 19.1 Å². The SMILES string of the molecule is CCCNC(=NC)NCc1ccc(OC)c(C)c1. The zero-order chi connectivity index (χ0) is 13.4. The molecule has 18 heavy (non-hydrogen) atoms. The lowest BCUT2D eigenvalue weighted by molar-refractivity contribution is 0.411. The molecule has 4 nitrogen and oxygen atoms in total. The van der Waals surface area contributed by atoms with Crippen LogP contribution in [0.3, 0.4) is 0 Å². The smallest absolute Gasteiger partial charge is 0.191 e. The first kappa shape index (κ1) is 14.4. The summed E-state index contributed by atoms with van der Waals surface area (Å²) in [6.07, 6.45) is 1.09. The van der Waals surface area contributed by atoms with Crippen molar-refractivity contribution in [3.05, 3.63) is 29.3 Å². The lowest BCUT2D eigenvalue weighted by atomic mass is 10.1. The zero-order valence-corrected chi connectivity index (χ0v) is 11.7. The quantitative estimate of drug-likeness (QED) is 0.620. The molecule has 100 valence electrons. The first-order chi connectivity index (χ1) is 8.71. The maximum absolute atomic E-state index is 5.24. The molecule has 4 heteroatoms. The molecule has 1 aromatic carbocycles. The fraction of sp³-hybridized carbons (Fsp3) is 0.500. The number of methoxy groups -OCH3 is 1. The van der Waals surface area contributed by atoms with E-state index in [1.807, 2.05) is 13.0 Å². The van der Waals surface area contributed by atoms with Crippen LogP contribution in [-0.4, -0.2) is 26.7 Å². The predicted octanol–water partition coefficient (Wildman–Crippen LogP) is 2.08. The summed E-state index contributed by atoms with van der Waals surface area (Å²) in [5, 5.41) is 6.52. The van der Waals surface area contributed by atoms with Crippen LogP contribution in [0.1, 0.15) is 24.5 Å². The van der Waals surface area contributed by atoms with Gasteiger partial charge in [0.1, 0.15) is 5.75 Å². The van der Waals surface area contributed by atoms with Gasteiger partial charge < -0.3 is 15.4 Å². The average molecular weight is 249 g/mol. The van der Waals surface area contributed by atoms with Gasteiger partial charge in [0.2, 0.25) is 0 Å². The second-order valence-electron chi connectivity index (χ2n) is 4.16. The van der Waals surface area contributed by atoms with Gasteiger partial charge in [0.25, 0.3) is 0 Å². The number of rotatable bonds is 5. The Morgan fingerprint density at radius 3 is 2.67 bits per heavy atom. The molecular formula is C14H23N3O. The van der Waals surface area contributed by atoms with E-state index in [9.17, 15) is 0 Å². The first-order valence-corrected chi connectivity index (χ1v) is 6.29. The van der Waals surface area contributed by atoms with Crippen molar-refractivity contribution < 1.29 is 4.74 Å². The number of guanidine groups is 1. The summed E-state index contributed by atoms with van der Waals surface area (Å²) in [6, 6.07) is 6.18. The minimum absolute atomic E-state index is 0.758. The molecule has 0 unspecified atom stereocenters. The van der Waals surface area contributed by atoms with E-state index >= 15 is 0 Å². The van der Waals surface area contributed by atoms with Crippen LogP contribution in [0.5, 0.6) is 5.75 Å². The van der Waals surface area contributed by atoms with Crippen molar-refractivity contribution in [2.45, 2.75) is 26.8 Å². The van der Waals surface area contributed by atoms with Crippen molar-refractivity contribution in [2.75, 3.05) is 20.7 Å². The van der Waals surface area contributed by atoms with Crippen molar-refractivity contribution in [2.24, 2.45) is 4.99 Å². The van der Waals surface area contributed by atoms with Crippen molar-refractivity contribution in [1.82, 2.24) is 10.6 Å². The van der Waals surface area contributed by atoms with Crippen molar-refractivity contribution >= 4 is 5.96 Å². The zero-order valence-electron chi connectivity index (χ0n) is 11.7. The summed E-state index contributed by atoms with van der Waals surface area (Å²) in [5.74, 6) is 1.76. The molecule has 0 saturated carbocycles. The number of benzene rings is 1. The summed E-state index contributed by atoms with van der Waals surface area (Å²) in [4.78, 5) is 4.17. The van der Waals surface area contributed by atoms with E-state index in [1.54, 1.807) is 14.2 Å². The highest BCUT2D eigenvalue weighted by molar-refractivity contribution is 5.79. The number of nitrogens with one attached hydrogen (secondary N) is 2.